The molecule has 4 nitrogen and oxygen atoms in total. The number of aliphatic carboxylic acids is 1. The molecule has 0 radical (unpaired) electrons. The maximum Gasteiger partial charge on any atom is 0.321 e. The lowest BCUT2D eigenvalue weighted by molar-refractivity contribution is -0.139. The zero-order valence-electron chi connectivity index (χ0n) is 16.0. The SMILES string of the molecule is C[C@@H](COC(C)(C)C)N[C@@H](Cc1ccc(-c2ccccc2)cc1)C(=O)O. The first-order valence-electron chi connectivity index (χ1n) is 9.02. The van der Waals surface area contributed by atoms with Crippen LogP contribution in [0.5, 0.6) is 0 Å². The molecule has 0 aliphatic carbocycles. The van der Waals surface area contributed by atoms with E-state index in [1.54, 1.807) is 0 Å². The number of carboxylic acid groups (broad SMARTS) is 1. The van der Waals surface area contributed by atoms with Crippen LogP contribution in [0.4, 0.5) is 0 Å². The first kappa shape index (κ1) is 20.1. The van der Waals surface area contributed by atoms with Gasteiger partial charge in [-0.3, -0.25) is 10.1 Å². The molecule has 0 aliphatic heterocycles. The number of benzene rings is 2. The van der Waals surface area contributed by atoms with E-state index in [9.17, 15) is 9.90 Å². The zero-order chi connectivity index (χ0) is 19.2. The Balaban J connectivity index is 1.98. The van der Waals surface area contributed by atoms with Gasteiger partial charge in [0.05, 0.1) is 12.2 Å². The molecule has 140 valence electrons. The van der Waals surface area contributed by atoms with E-state index in [2.05, 4.69) is 17.4 Å². The molecule has 0 fully saturated rings. The lowest BCUT2D eigenvalue weighted by Gasteiger charge is -2.25. The molecule has 0 heterocycles. The summed E-state index contributed by atoms with van der Waals surface area (Å²) in [4.78, 5) is 11.6. The monoisotopic (exact) mass is 355 g/mol. The molecule has 2 N–H and O–H groups in total. The molecule has 0 unspecified atom stereocenters. The first-order chi connectivity index (χ1) is 12.2. The van der Waals surface area contributed by atoms with Crippen LogP contribution in [0.15, 0.2) is 54.6 Å². The fraction of sp³-hybridized carbons (Fsp3) is 0.409. The van der Waals surface area contributed by atoms with Crippen molar-refractivity contribution in [3.63, 3.8) is 0 Å². The average Bonchev–Trinajstić information content (AvgIpc) is 2.60. The Morgan fingerprint density at radius 3 is 2.15 bits per heavy atom. The molecule has 2 atom stereocenters. The number of carbonyl (C=O) groups is 1. The number of hydrogen-bond acceptors (Lipinski definition) is 3. The normalized spacial score (nSPS) is 14.0. The number of nitrogens with one attached hydrogen (secondary N) is 1. The van der Waals surface area contributed by atoms with Crippen LogP contribution < -0.4 is 5.32 Å². The topological polar surface area (TPSA) is 58.6 Å². The molecular weight excluding hydrogens is 326 g/mol. The summed E-state index contributed by atoms with van der Waals surface area (Å²) >= 11 is 0. The van der Waals surface area contributed by atoms with Gasteiger partial charge in [0.1, 0.15) is 6.04 Å². The van der Waals surface area contributed by atoms with Crippen molar-refractivity contribution in [1.82, 2.24) is 5.32 Å². The van der Waals surface area contributed by atoms with E-state index in [1.807, 2.05) is 70.2 Å². The second-order valence-electron chi connectivity index (χ2n) is 7.65. The summed E-state index contributed by atoms with van der Waals surface area (Å²) in [6.07, 6.45) is 0.435. The summed E-state index contributed by atoms with van der Waals surface area (Å²) in [6.45, 7) is 8.38. The Labute approximate surface area is 156 Å². The van der Waals surface area contributed by atoms with E-state index in [0.717, 1.165) is 16.7 Å². The van der Waals surface area contributed by atoms with Crippen molar-refractivity contribution in [1.29, 1.82) is 0 Å². The molecule has 4 heteroatoms. The van der Waals surface area contributed by atoms with E-state index in [0.29, 0.717) is 13.0 Å². The molecule has 0 bridgehead atoms. The number of carboxylic acids is 1. The lowest BCUT2D eigenvalue weighted by Crippen LogP contribution is -2.46. The second kappa shape index (κ2) is 8.97. The summed E-state index contributed by atoms with van der Waals surface area (Å²) < 4.78 is 5.73. The predicted octanol–water partition coefficient (Wildman–Crippen LogP) is 4.14. The summed E-state index contributed by atoms with van der Waals surface area (Å²) in [5.74, 6) is -0.847. The number of rotatable bonds is 8. The minimum absolute atomic E-state index is 0.0427. The Bertz CT molecular complexity index is 690. The standard InChI is InChI=1S/C22H29NO3/c1-16(15-26-22(2,3)4)23-20(21(24)25)14-17-10-12-19(13-11-17)18-8-6-5-7-9-18/h5-13,16,20,23H,14-15H2,1-4H3,(H,24,25)/t16-,20-/m0/s1. The van der Waals surface area contributed by atoms with Crippen LogP contribution >= 0.6 is 0 Å². The molecule has 0 amide bonds. The van der Waals surface area contributed by atoms with Gasteiger partial charge < -0.3 is 9.84 Å². The highest BCUT2D eigenvalue weighted by Gasteiger charge is 2.21. The molecule has 26 heavy (non-hydrogen) atoms. The van der Waals surface area contributed by atoms with Gasteiger partial charge in [-0.1, -0.05) is 54.6 Å². The Hall–Kier alpha value is -2.17. The molecule has 2 aromatic carbocycles. The summed E-state index contributed by atoms with van der Waals surface area (Å²) in [6, 6.07) is 17.5. The third-order valence-corrected chi connectivity index (χ3v) is 4.05. The van der Waals surface area contributed by atoms with Gasteiger partial charge in [-0.15, -0.1) is 0 Å². The van der Waals surface area contributed by atoms with Crippen LogP contribution in [0.3, 0.4) is 0 Å². The highest BCUT2D eigenvalue weighted by Crippen LogP contribution is 2.20. The molecule has 0 spiro atoms. The fourth-order valence-electron chi connectivity index (χ4n) is 2.68. The summed E-state index contributed by atoms with van der Waals surface area (Å²) in [7, 11) is 0. The third-order valence-electron chi connectivity index (χ3n) is 4.05. The number of hydrogen-bond donors (Lipinski definition) is 2. The molecule has 2 rings (SSSR count). The summed E-state index contributed by atoms with van der Waals surface area (Å²) in [5, 5.41) is 12.7. The maximum atomic E-state index is 11.6. The summed E-state index contributed by atoms with van der Waals surface area (Å²) in [5.41, 5.74) is 3.04. The Kier molecular flexibility index (Phi) is 6.95. The van der Waals surface area contributed by atoms with E-state index < -0.39 is 12.0 Å². The second-order valence-corrected chi connectivity index (χ2v) is 7.65. The van der Waals surface area contributed by atoms with Crippen molar-refractivity contribution in [2.45, 2.75) is 51.8 Å². The molecule has 0 aromatic heterocycles. The van der Waals surface area contributed by atoms with E-state index in [4.69, 9.17) is 4.74 Å². The van der Waals surface area contributed by atoms with Gasteiger partial charge in [-0.05, 0) is 50.8 Å². The highest BCUT2D eigenvalue weighted by molar-refractivity contribution is 5.74. The molecular formula is C22H29NO3. The quantitative estimate of drug-likeness (QED) is 0.747. The van der Waals surface area contributed by atoms with Gasteiger partial charge in [0.25, 0.3) is 0 Å². The van der Waals surface area contributed by atoms with Gasteiger partial charge in [-0.2, -0.15) is 0 Å². The fourth-order valence-corrected chi connectivity index (χ4v) is 2.68. The predicted molar refractivity (Wildman–Crippen MR) is 105 cm³/mol. The van der Waals surface area contributed by atoms with E-state index in [-0.39, 0.29) is 11.6 Å². The van der Waals surface area contributed by atoms with Gasteiger partial charge in [0, 0.05) is 6.04 Å². The third kappa shape index (κ3) is 6.62. The van der Waals surface area contributed by atoms with Crippen molar-refractivity contribution in [3.8, 4) is 11.1 Å². The molecule has 0 saturated carbocycles. The van der Waals surface area contributed by atoms with Crippen LogP contribution in [0.2, 0.25) is 0 Å². The molecule has 0 aliphatic rings. The van der Waals surface area contributed by atoms with Crippen LogP contribution in [0.1, 0.15) is 33.3 Å². The van der Waals surface area contributed by atoms with Crippen molar-refractivity contribution < 1.29 is 14.6 Å². The lowest BCUT2D eigenvalue weighted by atomic mass is 10.0. The van der Waals surface area contributed by atoms with Crippen LogP contribution in [0.25, 0.3) is 11.1 Å². The van der Waals surface area contributed by atoms with Crippen molar-refractivity contribution >= 4 is 5.97 Å². The van der Waals surface area contributed by atoms with E-state index >= 15 is 0 Å². The molecule has 2 aromatic rings. The van der Waals surface area contributed by atoms with Crippen LogP contribution in [-0.2, 0) is 16.0 Å². The van der Waals surface area contributed by atoms with Crippen LogP contribution in [0, 0.1) is 0 Å². The zero-order valence-corrected chi connectivity index (χ0v) is 16.0. The van der Waals surface area contributed by atoms with E-state index in [1.165, 1.54) is 0 Å². The highest BCUT2D eigenvalue weighted by atomic mass is 16.5. The van der Waals surface area contributed by atoms with Crippen molar-refractivity contribution in [3.05, 3.63) is 60.2 Å². The van der Waals surface area contributed by atoms with Gasteiger partial charge in [0.2, 0.25) is 0 Å². The van der Waals surface area contributed by atoms with Gasteiger partial charge >= 0.3 is 5.97 Å². The van der Waals surface area contributed by atoms with Crippen molar-refractivity contribution in [2.75, 3.05) is 6.61 Å². The Morgan fingerprint density at radius 1 is 1.04 bits per heavy atom. The van der Waals surface area contributed by atoms with Crippen molar-refractivity contribution in [2.24, 2.45) is 0 Å². The largest absolute Gasteiger partial charge is 0.480 e. The minimum Gasteiger partial charge on any atom is -0.480 e. The minimum atomic E-state index is -0.847. The first-order valence-corrected chi connectivity index (χ1v) is 9.02. The van der Waals surface area contributed by atoms with Crippen LogP contribution in [-0.4, -0.2) is 35.4 Å². The van der Waals surface area contributed by atoms with Gasteiger partial charge in [-0.25, -0.2) is 0 Å². The number of ether oxygens (including phenoxy) is 1. The smallest absolute Gasteiger partial charge is 0.321 e. The average molecular weight is 355 g/mol. The van der Waals surface area contributed by atoms with Gasteiger partial charge in [0.15, 0.2) is 0 Å². The maximum absolute atomic E-state index is 11.6. The molecule has 0 saturated heterocycles. The Morgan fingerprint density at radius 2 is 1.62 bits per heavy atom.